The predicted molar refractivity (Wildman–Crippen MR) is 80.6 cm³/mol. The van der Waals surface area contributed by atoms with E-state index in [1.807, 2.05) is 4.90 Å². The standard InChI is InChI=1S/C16H21N3O2/c1-11(20)14-7-6-12(9-17)8-15(14)19(10-16(18)21)13-4-2-3-5-13/h6-8,11,13,20H,2-5,10H2,1H3,(H2,18,21)/t11-/m1/s1. The molecule has 0 bridgehead atoms. The van der Waals surface area contributed by atoms with Crippen LogP contribution in [-0.2, 0) is 4.79 Å². The molecule has 1 aromatic rings. The molecule has 1 atom stereocenters. The quantitative estimate of drug-likeness (QED) is 0.864. The zero-order valence-electron chi connectivity index (χ0n) is 12.2. The van der Waals surface area contributed by atoms with Crippen LogP contribution in [0.3, 0.4) is 0 Å². The Morgan fingerprint density at radius 3 is 2.71 bits per heavy atom. The molecule has 1 amide bonds. The molecule has 3 N–H and O–H groups in total. The van der Waals surface area contributed by atoms with Crippen molar-refractivity contribution in [1.29, 1.82) is 5.26 Å². The summed E-state index contributed by atoms with van der Waals surface area (Å²) < 4.78 is 0. The number of nitrogens with two attached hydrogens (primary N) is 1. The highest BCUT2D eigenvalue weighted by Gasteiger charge is 2.26. The minimum absolute atomic E-state index is 0.110. The lowest BCUT2D eigenvalue weighted by Crippen LogP contribution is -2.40. The number of primary amides is 1. The topological polar surface area (TPSA) is 90.3 Å². The molecule has 1 fully saturated rings. The van der Waals surface area contributed by atoms with Crippen LogP contribution in [0.5, 0.6) is 0 Å². The highest BCUT2D eigenvalue weighted by Crippen LogP contribution is 2.33. The smallest absolute Gasteiger partial charge is 0.236 e. The third kappa shape index (κ3) is 3.53. The number of anilines is 1. The van der Waals surface area contributed by atoms with Gasteiger partial charge in [-0.2, -0.15) is 5.26 Å². The summed E-state index contributed by atoms with van der Waals surface area (Å²) in [6, 6.07) is 7.52. The molecule has 1 aromatic carbocycles. The fourth-order valence-corrected chi connectivity index (χ4v) is 3.01. The second-order valence-corrected chi connectivity index (χ2v) is 5.59. The van der Waals surface area contributed by atoms with Crippen molar-refractivity contribution in [3.63, 3.8) is 0 Å². The summed E-state index contributed by atoms with van der Waals surface area (Å²) >= 11 is 0. The summed E-state index contributed by atoms with van der Waals surface area (Å²) in [7, 11) is 0. The first-order valence-corrected chi connectivity index (χ1v) is 7.30. The summed E-state index contributed by atoms with van der Waals surface area (Å²) in [5, 5.41) is 19.1. The summed E-state index contributed by atoms with van der Waals surface area (Å²) in [5.74, 6) is -0.402. The summed E-state index contributed by atoms with van der Waals surface area (Å²) in [6.45, 7) is 1.79. The Bertz CT molecular complexity index is 557. The van der Waals surface area contributed by atoms with E-state index >= 15 is 0 Å². The molecule has 112 valence electrons. The van der Waals surface area contributed by atoms with E-state index in [-0.39, 0.29) is 12.6 Å². The molecule has 0 spiro atoms. The van der Waals surface area contributed by atoms with Gasteiger partial charge < -0.3 is 15.7 Å². The van der Waals surface area contributed by atoms with Crippen molar-refractivity contribution in [2.24, 2.45) is 5.73 Å². The molecule has 0 unspecified atom stereocenters. The van der Waals surface area contributed by atoms with Crippen LogP contribution in [0.25, 0.3) is 0 Å². The fourth-order valence-electron chi connectivity index (χ4n) is 3.01. The van der Waals surface area contributed by atoms with Gasteiger partial charge in [-0.05, 0) is 31.9 Å². The molecule has 21 heavy (non-hydrogen) atoms. The Morgan fingerprint density at radius 2 is 2.19 bits per heavy atom. The molecule has 5 nitrogen and oxygen atoms in total. The van der Waals surface area contributed by atoms with Gasteiger partial charge in [0.15, 0.2) is 0 Å². The molecular weight excluding hydrogens is 266 g/mol. The van der Waals surface area contributed by atoms with Crippen molar-refractivity contribution < 1.29 is 9.90 Å². The average molecular weight is 287 g/mol. The lowest BCUT2D eigenvalue weighted by Gasteiger charge is -2.32. The van der Waals surface area contributed by atoms with Gasteiger partial charge >= 0.3 is 0 Å². The van der Waals surface area contributed by atoms with Crippen LogP contribution in [0, 0.1) is 11.3 Å². The van der Waals surface area contributed by atoms with Crippen molar-refractivity contribution in [3.8, 4) is 6.07 Å². The molecule has 0 radical (unpaired) electrons. The second-order valence-electron chi connectivity index (χ2n) is 5.59. The van der Waals surface area contributed by atoms with Gasteiger partial charge in [0.1, 0.15) is 0 Å². The molecule has 0 heterocycles. The minimum Gasteiger partial charge on any atom is -0.389 e. The van der Waals surface area contributed by atoms with Crippen LogP contribution < -0.4 is 10.6 Å². The number of amides is 1. The Labute approximate surface area is 125 Å². The highest BCUT2D eigenvalue weighted by atomic mass is 16.3. The molecule has 2 rings (SSSR count). The molecule has 0 aliphatic heterocycles. The van der Waals surface area contributed by atoms with E-state index < -0.39 is 12.0 Å². The normalized spacial score (nSPS) is 16.4. The first-order valence-electron chi connectivity index (χ1n) is 7.30. The maximum absolute atomic E-state index is 11.4. The molecule has 1 saturated carbocycles. The van der Waals surface area contributed by atoms with E-state index in [4.69, 9.17) is 11.0 Å². The summed E-state index contributed by atoms with van der Waals surface area (Å²) in [5.41, 5.74) is 7.37. The van der Waals surface area contributed by atoms with Gasteiger partial charge in [-0.3, -0.25) is 4.79 Å². The zero-order chi connectivity index (χ0) is 15.4. The predicted octanol–water partition coefficient (Wildman–Crippen LogP) is 1.85. The fraction of sp³-hybridized carbons (Fsp3) is 0.500. The van der Waals surface area contributed by atoms with Crippen molar-refractivity contribution in [3.05, 3.63) is 29.3 Å². The van der Waals surface area contributed by atoms with Crippen LogP contribution in [-0.4, -0.2) is 23.6 Å². The van der Waals surface area contributed by atoms with E-state index in [0.29, 0.717) is 5.56 Å². The Kier molecular flexibility index (Phi) is 4.81. The van der Waals surface area contributed by atoms with Gasteiger partial charge in [0, 0.05) is 17.3 Å². The number of aliphatic hydroxyl groups is 1. The van der Waals surface area contributed by atoms with Crippen LogP contribution in [0.15, 0.2) is 18.2 Å². The lowest BCUT2D eigenvalue weighted by atomic mass is 10.0. The number of aliphatic hydroxyl groups excluding tert-OH is 1. The minimum atomic E-state index is -0.662. The van der Waals surface area contributed by atoms with E-state index in [9.17, 15) is 9.90 Å². The number of hydrogen-bond donors (Lipinski definition) is 2. The van der Waals surface area contributed by atoms with Crippen LogP contribution in [0.2, 0.25) is 0 Å². The zero-order valence-corrected chi connectivity index (χ0v) is 12.2. The van der Waals surface area contributed by atoms with Crippen molar-refractivity contribution in [1.82, 2.24) is 0 Å². The number of nitrogens with zero attached hydrogens (tertiary/aromatic N) is 2. The molecule has 0 aromatic heterocycles. The van der Waals surface area contributed by atoms with E-state index in [1.165, 1.54) is 0 Å². The number of rotatable bonds is 5. The molecule has 1 aliphatic rings. The maximum Gasteiger partial charge on any atom is 0.236 e. The Hall–Kier alpha value is -2.06. The van der Waals surface area contributed by atoms with E-state index in [2.05, 4.69) is 6.07 Å². The van der Waals surface area contributed by atoms with Crippen LogP contribution in [0.4, 0.5) is 5.69 Å². The van der Waals surface area contributed by atoms with E-state index in [0.717, 1.165) is 36.9 Å². The monoisotopic (exact) mass is 287 g/mol. The number of carbonyl (C=O) groups is 1. The van der Waals surface area contributed by atoms with Crippen molar-refractivity contribution in [2.75, 3.05) is 11.4 Å². The summed E-state index contributed by atoms with van der Waals surface area (Å²) in [6.07, 6.45) is 3.60. The van der Waals surface area contributed by atoms with Gasteiger partial charge in [-0.1, -0.05) is 18.9 Å². The van der Waals surface area contributed by atoms with Gasteiger partial charge in [0.2, 0.25) is 5.91 Å². The van der Waals surface area contributed by atoms with Gasteiger partial charge in [0.25, 0.3) is 0 Å². The van der Waals surface area contributed by atoms with Gasteiger partial charge in [-0.15, -0.1) is 0 Å². The molecular formula is C16H21N3O2. The Morgan fingerprint density at radius 1 is 1.52 bits per heavy atom. The number of benzene rings is 1. The molecule has 5 heteroatoms. The van der Waals surface area contributed by atoms with Crippen LogP contribution >= 0.6 is 0 Å². The number of nitriles is 1. The average Bonchev–Trinajstić information content (AvgIpc) is 2.97. The first kappa shape index (κ1) is 15.3. The lowest BCUT2D eigenvalue weighted by molar-refractivity contribution is -0.116. The largest absolute Gasteiger partial charge is 0.389 e. The second kappa shape index (κ2) is 6.59. The van der Waals surface area contributed by atoms with Crippen molar-refractivity contribution in [2.45, 2.75) is 44.8 Å². The Balaban J connectivity index is 2.46. The van der Waals surface area contributed by atoms with E-state index in [1.54, 1.807) is 25.1 Å². The molecule has 1 aliphatic carbocycles. The number of hydrogen-bond acceptors (Lipinski definition) is 4. The summed E-state index contributed by atoms with van der Waals surface area (Å²) in [4.78, 5) is 13.4. The third-order valence-electron chi connectivity index (χ3n) is 4.01. The van der Waals surface area contributed by atoms with Crippen molar-refractivity contribution >= 4 is 11.6 Å². The number of carbonyl (C=O) groups excluding carboxylic acids is 1. The van der Waals surface area contributed by atoms with Gasteiger partial charge in [0.05, 0.1) is 24.3 Å². The maximum atomic E-state index is 11.4. The highest BCUT2D eigenvalue weighted by molar-refractivity contribution is 5.80. The van der Waals surface area contributed by atoms with Crippen LogP contribution in [0.1, 0.15) is 49.8 Å². The third-order valence-corrected chi connectivity index (χ3v) is 4.01. The van der Waals surface area contributed by atoms with Gasteiger partial charge in [-0.25, -0.2) is 0 Å². The first-order chi connectivity index (χ1) is 10.0. The molecule has 0 saturated heterocycles. The SMILES string of the molecule is C[C@@H](O)c1ccc(C#N)cc1N(CC(N)=O)C1CCCC1.